The lowest BCUT2D eigenvalue weighted by Gasteiger charge is -2.05. The van der Waals surface area contributed by atoms with Crippen molar-refractivity contribution in [2.45, 2.75) is 6.92 Å². The minimum atomic E-state index is -0.583. The fourth-order valence-corrected chi connectivity index (χ4v) is 3.73. The summed E-state index contributed by atoms with van der Waals surface area (Å²) >= 11 is 7.44. The molecule has 2 heterocycles. The number of benzene rings is 2. The minimum Gasteiger partial charge on any atom is -0.360 e. The van der Waals surface area contributed by atoms with Crippen molar-refractivity contribution in [2.75, 3.05) is 5.32 Å². The SMILES string of the molecule is Cc1onc(-c2c(F)cccc2Cl)c1C(=O)Nc1nc2ccccc2s1. The lowest BCUT2D eigenvalue weighted by molar-refractivity contribution is 0.102. The van der Waals surface area contributed by atoms with Crippen molar-refractivity contribution in [1.82, 2.24) is 10.1 Å². The molecule has 0 saturated heterocycles. The highest BCUT2D eigenvalue weighted by molar-refractivity contribution is 7.22. The zero-order valence-corrected chi connectivity index (χ0v) is 15.0. The van der Waals surface area contributed by atoms with E-state index in [0.29, 0.717) is 5.13 Å². The highest BCUT2D eigenvalue weighted by Gasteiger charge is 2.26. The molecule has 0 radical (unpaired) electrons. The maximum Gasteiger partial charge on any atom is 0.263 e. The second-order valence-electron chi connectivity index (χ2n) is 5.50. The fourth-order valence-electron chi connectivity index (χ4n) is 2.62. The van der Waals surface area contributed by atoms with Gasteiger partial charge in [0.2, 0.25) is 0 Å². The Labute approximate surface area is 156 Å². The van der Waals surface area contributed by atoms with Gasteiger partial charge in [-0.1, -0.05) is 46.3 Å². The standard InChI is InChI=1S/C18H11ClFN3O2S/c1-9-14(16(23-25-9)15-10(19)5-4-6-11(15)20)17(24)22-18-21-12-7-2-3-8-13(12)26-18/h2-8H,1H3,(H,21,22,24). The van der Waals surface area contributed by atoms with Gasteiger partial charge in [0.15, 0.2) is 5.13 Å². The highest BCUT2D eigenvalue weighted by atomic mass is 35.5. The van der Waals surface area contributed by atoms with E-state index in [1.165, 1.54) is 29.5 Å². The summed E-state index contributed by atoms with van der Waals surface area (Å²) in [6.45, 7) is 1.58. The molecule has 26 heavy (non-hydrogen) atoms. The molecule has 0 saturated carbocycles. The van der Waals surface area contributed by atoms with Crippen molar-refractivity contribution in [1.29, 1.82) is 0 Å². The van der Waals surface area contributed by atoms with Gasteiger partial charge in [-0.15, -0.1) is 0 Å². The van der Waals surface area contributed by atoms with Gasteiger partial charge in [0.25, 0.3) is 5.91 Å². The second kappa shape index (κ2) is 6.51. The summed E-state index contributed by atoms with van der Waals surface area (Å²) in [6.07, 6.45) is 0. The molecule has 0 spiro atoms. The van der Waals surface area contributed by atoms with Crippen molar-refractivity contribution < 1.29 is 13.7 Å². The number of halogens is 2. The van der Waals surface area contributed by atoms with Crippen LogP contribution in [0.2, 0.25) is 5.02 Å². The summed E-state index contributed by atoms with van der Waals surface area (Å²) in [5.74, 6) is -0.810. The third kappa shape index (κ3) is 2.85. The Morgan fingerprint density at radius 1 is 1.23 bits per heavy atom. The van der Waals surface area contributed by atoms with Crippen LogP contribution in [-0.2, 0) is 0 Å². The molecule has 4 rings (SSSR count). The maximum absolute atomic E-state index is 14.2. The van der Waals surface area contributed by atoms with Gasteiger partial charge in [-0.05, 0) is 31.2 Å². The lowest BCUT2D eigenvalue weighted by atomic mass is 10.1. The summed E-state index contributed by atoms with van der Waals surface area (Å²) in [6, 6.07) is 11.8. The van der Waals surface area contributed by atoms with E-state index in [9.17, 15) is 9.18 Å². The average molecular weight is 388 g/mol. The smallest absolute Gasteiger partial charge is 0.263 e. The zero-order valence-electron chi connectivity index (χ0n) is 13.4. The number of fused-ring (bicyclic) bond motifs is 1. The number of aryl methyl sites for hydroxylation is 1. The van der Waals surface area contributed by atoms with Crippen molar-refractivity contribution >= 4 is 44.2 Å². The van der Waals surface area contributed by atoms with Gasteiger partial charge in [-0.25, -0.2) is 9.37 Å². The van der Waals surface area contributed by atoms with Crippen molar-refractivity contribution in [3.05, 3.63) is 64.6 Å². The number of hydrogen-bond donors (Lipinski definition) is 1. The summed E-state index contributed by atoms with van der Waals surface area (Å²) in [5.41, 5.74) is 0.994. The summed E-state index contributed by atoms with van der Waals surface area (Å²) in [4.78, 5) is 17.1. The quantitative estimate of drug-likeness (QED) is 0.517. The van der Waals surface area contributed by atoms with Gasteiger partial charge in [-0.2, -0.15) is 0 Å². The first-order chi connectivity index (χ1) is 12.5. The number of nitrogens with zero attached hydrogens (tertiary/aromatic N) is 2. The molecule has 2 aromatic carbocycles. The number of nitrogens with one attached hydrogen (secondary N) is 1. The largest absolute Gasteiger partial charge is 0.360 e. The summed E-state index contributed by atoms with van der Waals surface area (Å²) in [5, 5.41) is 7.14. The van der Waals surface area contributed by atoms with E-state index < -0.39 is 11.7 Å². The van der Waals surface area contributed by atoms with Crippen LogP contribution in [0.5, 0.6) is 0 Å². The van der Waals surface area contributed by atoms with E-state index >= 15 is 0 Å². The van der Waals surface area contributed by atoms with Crippen LogP contribution in [0.1, 0.15) is 16.1 Å². The number of thiazole rings is 1. The molecule has 0 atom stereocenters. The highest BCUT2D eigenvalue weighted by Crippen LogP contribution is 2.34. The Balaban J connectivity index is 1.74. The van der Waals surface area contributed by atoms with Crippen LogP contribution in [0, 0.1) is 12.7 Å². The number of rotatable bonds is 3. The van der Waals surface area contributed by atoms with Crippen LogP contribution in [-0.4, -0.2) is 16.0 Å². The molecular formula is C18H11ClFN3O2S. The van der Waals surface area contributed by atoms with E-state index in [0.717, 1.165) is 10.2 Å². The fraction of sp³-hybridized carbons (Fsp3) is 0.0556. The molecule has 130 valence electrons. The first kappa shape index (κ1) is 16.7. The number of hydrogen-bond acceptors (Lipinski definition) is 5. The van der Waals surface area contributed by atoms with Gasteiger partial charge in [0.1, 0.15) is 22.8 Å². The third-order valence-corrected chi connectivity index (χ3v) is 5.07. The molecular weight excluding hydrogens is 377 g/mol. The van der Waals surface area contributed by atoms with Gasteiger partial charge in [-0.3, -0.25) is 10.1 Å². The number of amides is 1. The molecule has 4 aromatic rings. The molecule has 0 bridgehead atoms. The van der Waals surface area contributed by atoms with Crippen molar-refractivity contribution in [3.63, 3.8) is 0 Å². The normalized spacial score (nSPS) is 11.0. The van der Waals surface area contributed by atoms with E-state index in [1.54, 1.807) is 6.92 Å². The molecule has 1 amide bonds. The third-order valence-electron chi connectivity index (χ3n) is 3.80. The number of para-hydroxylation sites is 1. The van der Waals surface area contributed by atoms with Crippen LogP contribution in [0.4, 0.5) is 9.52 Å². The Morgan fingerprint density at radius 2 is 2.04 bits per heavy atom. The molecule has 8 heteroatoms. The molecule has 1 N–H and O–H groups in total. The number of carbonyl (C=O) groups is 1. The van der Waals surface area contributed by atoms with E-state index in [-0.39, 0.29) is 27.6 Å². The molecule has 0 aliphatic rings. The van der Waals surface area contributed by atoms with E-state index in [1.807, 2.05) is 24.3 Å². The number of aromatic nitrogens is 2. The molecule has 5 nitrogen and oxygen atoms in total. The number of anilines is 1. The first-order valence-corrected chi connectivity index (χ1v) is 8.81. The van der Waals surface area contributed by atoms with Crippen LogP contribution in [0.25, 0.3) is 21.5 Å². The van der Waals surface area contributed by atoms with Crippen molar-refractivity contribution in [2.24, 2.45) is 0 Å². The molecule has 0 aliphatic heterocycles. The van der Waals surface area contributed by atoms with Gasteiger partial charge < -0.3 is 4.52 Å². The topological polar surface area (TPSA) is 68.0 Å². The zero-order chi connectivity index (χ0) is 18.3. The van der Waals surface area contributed by atoms with Gasteiger partial charge >= 0.3 is 0 Å². The van der Waals surface area contributed by atoms with Crippen LogP contribution in [0.3, 0.4) is 0 Å². The Bertz CT molecular complexity index is 1090. The molecule has 2 aromatic heterocycles. The van der Waals surface area contributed by atoms with Crippen molar-refractivity contribution in [3.8, 4) is 11.3 Å². The Hall–Kier alpha value is -2.77. The Morgan fingerprint density at radius 3 is 2.81 bits per heavy atom. The molecule has 0 unspecified atom stereocenters. The maximum atomic E-state index is 14.2. The molecule has 0 aliphatic carbocycles. The van der Waals surface area contributed by atoms with Gasteiger partial charge in [0.05, 0.1) is 20.8 Å². The van der Waals surface area contributed by atoms with E-state index in [4.69, 9.17) is 16.1 Å². The summed E-state index contributed by atoms with van der Waals surface area (Å²) in [7, 11) is 0. The van der Waals surface area contributed by atoms with E-state index in [2.05, 4.69) is 15.5 Å². The monoisotopic (exact) mass is 387 g/mol. The average Bonchev–Trinajstić information content (AvgIpc) is 3.17. The lowest BCUT2D eigenvalue weighted by Crippen LogP contribution is -2.13. The predicted molar refractivity (Wildman–Crippen MR) is 99.2 cm³/mol. The van der Waals surface area contributed by atoms with Crippen LogP contribution in [0.15, 0.2) is 47.0 Å². The Kier molecular flexibility index (Phi) is 4.18. The number of carbonyl (C=O) groups excluding carboxylic acids is 1. The van der Waals surface area contributed by atoms with Crippen LogP contribution < -0.4 is 5.32 Å². The van der Waals surface area contributed by atoms with Crippen LogP contribution >= 0.6 is 22.9 Å². The first-order valence-electron chi connectivity index (χ1n) is 7.62. The second-order valence-corrected chi connectivity index (χ2v) is 6.94. The minimum absolute atomic E-state index is 0.0282. The molecule has 0 fully saturated rings. The van der Waals surface area contributed by atoms with Gasteiger partial charge in [0, 0.05) is 0 Å². The predicted octanol–water partition coefficient (Wildman–Crippen LogP) is 5.30. The summed E-state index contributed by atoms with van der Waals surface area (Å²) < 4.78 is 20.3.